The average Bonchev–Trinajstić information content (AvgIpc) is 2.77. The van der Waals surface area contributed by atoms with Crippen LogP contribution in [-0.4, -0.2) is 9.55 Å². The molecule has 0 saturated heterocycles. The Labute approximate surface area is 183 Å². The molecule has 0 saturated carbocycles. The second-order valence-electron chi connectivity index (χ2n) is 7.13. The summed E-state index contributed by atoms with van der Waals surface area (Å²) in [5.41, 5.74) is -1.65. The van der Waals surface area contributed by atoms with Gasteiger partial charge in [-0.2, -0.15) is 26.3 Å². The van der Waals surface area contributed by atoms with Crippen molar-refractivity contribution in [2.45, 2.75) is 12.4 Å². The molecular formula is C24H14F6N2O. The Balaban J connectivity index is 1.86. The number of nitrogens with zero attached hydrogens (tertiary/aromatic N) is 2. The summed E-state index contributed by atoms with van der Waals surface area (Å²) in [7, 11) is 0. The van der Waals surface area contributed by atoms with Crippen LogP contribution in [0.3, 0.4) is 0 Å². The van der Waals surface area contributed by atoms with Crippen LogP contribution in [0.15, 0.2) is 77.6 Å². The lowest BCUT2D eigenvalue weighted by atomic mass is 10.1. The van der Waals surface area contributed by atoms with Crippen molar-refractivity contribution in [2.75, 3.05) is 0 Å². The molecule has 0 aliphatic rings. The van der Waals surface area contributed by atoms with E-state index >= 15 is 0 Å². The van der Waals surface area contributed by atoms with Gasteiger partial charge < -0.3 is 0 Å². The van der Waals surface area contributed by atoms with Gasteiger partial charge in [0.15, 0.2) is 0 Å². The SMILES string of the molecule is O=c1c2ccccc2nc(C=Cc2ccc(C(F)(F)F)cc2)n1-c1cccc(C(F)(F)F)c1. The van der Waals surface area contributed by atoms with Crippen molar-refractivity contribution in [3.8, 4) is 5.69 Å². The quantitative estimate of drug-likeness (QED) is 0.323. The van der Waals surface area contributed by atoms with Gasteiger partial charge in [-0.15, -0.1) is 0 Å². The molecule has 1 aromatic heterocycles. The van der Waals surface area contributed by atoms with Crippen LogP contribution < -0.4 is 5.56 Å². The zero-order valence-electron chi connectivity index (χ0n) is 16.7. The number of rotatable bonds is 3. The highest BCUT2D eigenvalue weighted by Crippen LogP contribution is 2.31. The Bertz CT molecular complexity index is 1400. The first-order valence-corrected chi connectivity index (χ1v) is 9.59. The number of alkyl halides is 6. The first kappa shape index (κ1) is 22.3. The minimum Gasteiger partial charge on any atom is -0.268 e. The lowest BCUT2D eigenvalue weighted by molar-refractivity contribution is -0.138. The highest BCUT2D eigenvalue weighted by molar-refractivity contribution is 5.80. The topological polar surface area (TPSA) is 34.9 Å². The van der Waals surface area contributed by atoms with Crippen molar-refractivity contribution in [2.24, 2.45) is 0 Å². The second-order valence-corrected chi connectivity index (χ2v) is 7.13. The molecule has 0 N–H and O–H groups in total. The number of halogens is 6. The third kappa shape index (κ3) is 4.67. The van der Waals surface area contributed by atoms with E-state index in [0.717, 1.165) is 28.8 Å². The van der Waals surface area contributed by atoms with Crippen LogP contribution >= 0.6 is 0 Å². The Hall–Kier alpha value is -3.88. The monoisotopic (exact) mass is 460 g/mol. The molecule has 0 aliphatic heterocycles. The molecule has 4 rings (SSSR count). The van der Waals surface area contributed by atoms with E-state index in [-0.39, 0.29) is 16.9 Å². The van der Waals surface area contributed by atoms with Crippen LogP contribution in [0.5, 0.6) is 0 Å². The molecule has 3 aromatic carbocycles. The fraction of sp³-hybridized carbons (Fsp3) is 0.0833. The second kappa shape index (κ2) is 8.23. The summed E-state index contributed by atoms with van der Waals surface area (Å²) in [6, 6.07) is 14.9. The Morgan fingerprint density at radius 2 is 1.39 bits per heavy atom. The van der Waals surface area contributed by atoms with Gasteiger partial charge in [0.05, 0.1) is 27.7 Å². The zero-order valence-corrected chi connectivity index (χ0v) is 16.7. The molecule has 4 aromatic rings. The van der Waals surface area contributed by atoms with Gasteiger partial charge >= 0.3 is 12.4 Å². The van der Waals surface area contributed by atoms with Crippen molar-refractivity contribution in [3.05, 3.63) is 106 Å². The Kier molecular flexibility index (Phi) is 5.57. The fourth-order valence-electron chi connectivity index (χ4n) is 3.29. The maximum Gasteiger partial charge on any atom is 0.416 e. The molecule has 1 heterocycles. The Morgan fingerprint density at radius 1 is 0.727 bits per heavy atom. The number of hydrogen-bond donors (Lipinski definition) is 0. The third-order valence-electron chi connectivity index (χ3n) is 4.90. The van der Waals surface area contributed by atoms with E-state index in [4.69, 9.17) is 0 Å². The molecule has 0 aliphatic carbocycles. The van der Waals surface area contributed by atoms with E-state index in [1.54, 1.807) is 18.2 Å². The van der Waals surface area contributed by atoms with Crippen molar-refractivity contribution in [1.29, 1.82) is 0 Å². The van der Waals surface area contributed by atoms with Crippen LogP contribution in [0.4, 0.5) is 26.3 Å². The van der Waals surface area contributed by atoms with Crippen molar-refractivity contribution >= 4 is 23.1 Å². The minimum atomic E-state index is -4.61. The van der Waals surface area contributed by atoms with Gasteiger partial charge in [0.1, 0.15) is 5.82 Å². The summed E-state index contributed by atoms with van der Waals surface area (Å²) in [6.07, 6.45) is -6.29. The summed E-state index contributed by atoms with van der Waals surface area (Å²) < 4.78 is 79.0. The number of aromatic nitrogens is 2. The van der Waals surface area contributed by atoms with E-state index in [1.807, 2.05) is 0 Å². The molecule has 0 amide bonds. The summed E-state index contributed by atoms with van der Waals surface area (Å²) in [5.74, 6) is 0.0259. The smallest absolute Gasteiger partial charge is 0.268 e. The molecule has 0 spiro atoms. The number of para-hydroxylation sites is 1. The van der Waals surface area contributed by atoms with Crippen LogP contribution in [0.25, 0.3) is 28.7 Å². The lowest BCUT2D eigenvalue weighted by Gasteiger charge is -2.14. The van der Waals surface area contributed by atoms with E-state index in [2.05, 4.69) is 4.98 Å². The molecule has 0 atom stereocenters. The first-order chi connectivity index (χ1) is 15.5. The van der Waals surface area contributed by atoms with E-state index < -0.39 is 29.0 Å². The van der Waals surface area contributed by atoms with Gasteiger partial charge in [-0.3, -0.25) is 9.36 Å². The van der Waals surface area contributed by atoms with Gasteiger partial charge in [0.2, 0.25) is 0 Å². The van der Waals surface area contributed by atoms with E-state index in [1.165, 1.54) is 42.5 Å². The third-order valence-corrected chi connectivity index (χ3v) is 4.90. The number of hydrogen-bond acceptors (Lipinski definition) is 2. The summed E-state index contributed by atoms with van der Waals surface area (Å²) in [4.78, 5) is 17.6. The lowest BCUT2D eigenvalue weighted by Crippen LogP contribution is -2.22. The summed E-state index contributed by atoms with van der Waals surface area (Å²) in [5, 5.41) is 0.210. The zero-order chi connectivity index (χ0) is 23.8. The summed E-state index contributed by atoms with van der Waals surface area (Å²) in [6.45, 7) is 0. The molecule has 9 heteroatoms. The van der Waals surface area contributed by atoms with Gasteiger partial charge in [-0.05, 0) is 54.1 Å². The van der Waals surface area contributed by atoms with Gasteiger partial charge in [0, 0.05) is 0 Å². The highest BCUT2D eigenvalue weighted by Gasteiger charge is 2.31. The molecule has 0 radical (unpaired) electrons. The van der Waals surface area contributed by atoms with Gasteiger partial charge in [-0.1, -0.05) is 36.4 Å². The Morgan fingerprint density at radius 3 is 2.06 bits per heavy atom. The number of fused-ring (bicyclic) bond motifs is 1. The molecule has 168 valence electrons. The molecule has 0 fully saturated rings. The van der Waals surface area contributed by atoms with E-state index in [0.29, 0.717) is 11.1 Å². The maximum atomic E-state index is 13.2. The van der Waals surface area contributed by atoms with Crippen LogP contribution in [0.2, 0.25) is 0 Å². The van der Waals surface area contributed by atoms with Crippen LogP contribution in [0.1, 0.15) is 22.5 Å². The normalized spacial score (nSPS) is 12.5. The van der Waals surface area contributed by atoms with Crippen molar-refractivity contribution < 1.29 is 26.3 Å². The maximum absolute atomic E-state index is 13.2. The van der Waals surface area contributed by atoms with Crippen molar-refractivity contribution in [3.63, 3.8) is 0 Å². The number of benzene rings is 3. The molecule has 0 bridgehead atoms. The molecule has 0 unspecified atom stereocenters. The van der Waals surface area contributed by atoms with Crippen molar-refractivity contribution in [1.82, 2.24) is 9.55 Å². The molecule has 3 nitrogen and oxygen atoms in total. The standard InChI is InChI=1S/C24H14F6N2O/c25-23(26,27)16-11-8-15(9-12-16)10-13-21-31-20-7-2-1-6-19(20)22(33)32(21)18-5-3-4-17(14-18)24(28,29)30/h1-14H. The minimum absolute atomic E-state index is 0.0259. The predicted molar refractivity (Wildman–Crippen MR) is 113 cm³/mol. The van der Waals surface area contributed by atoms with E-state index in [9.17, 15) is 31.1 Å². The largest absolute Gasteiger partial charge is 0.416 e. The summed E-state index contributed by atoms with van der Waals surface area (Å²) >= 11 is 0. The van der Waals surface area contributed by atoms with Gasteiger partial charge in [-0.25, -0.2) is 4.98 Å². The fourth-order valence-corrected chi connectivity index (χ4v) is 3.29. The average molecular weight is 460 g/mol. The van der Waals surface area contributed by atoms with Crippen LogP contribution in [-0.2, 0) is 12.4 Å². The van der Waals surface area contributed by atoms with Crippen LogP contribution in [0, 0.1) is 0 Å². The molecule has 33 heavy (non-hydrogen) atoms. The molecular weight excluding hydrogens is 446 g/mol. The predicted octanol–water partition coefficient (Wildman–Crippen LogP) is 6.59. The van der Waals surface area contributed by atoms with Gasteiger partial charge in [0.25, 0.3) is 5.56 Å². The first-order valence-electron chi connectivity index (χ1n) is 9.59. The highest BCUT2D eigenvalue weighted by atomic mass is 19.4.